The van der Waals surface area contributed by atoms with E-state index in [4.69, 9.17) is 5.11 Å². The van der Waals surface area contributed by atoms with Gasteiger partial charge in [-0.05, 0) is 23.8 Å². The SMILES string of the molecule is Cc1ccc2cc(C(=O)C(=O)O)ccc2c1. The van der Waals surface area contributed by atoms with Crippen LogP contribution in [0.25, 0.3) is 10.8 Å². The van der Waals surface area contributed by atoms with Crippen LogP contribution in [0.3, 0.4) is 0 Å². The first-order valence-corrected chi connectivity index (χ1v) is 4.86. The largest absolute Gasteiger partial charge is 0.475 e. The highest BCUT2D eigenvalue weighted by Crippen LogP contribution is 2.18. The van der Waals surface area contributed by atoms with Crippen molar-refractivity contribution in [2.75, 3.05) is 0 Å². The minimum Gasteiger partial charge on any atom is -0.475 e. The lowest BCUT2D eigenvalue weighted by molar-refractivity contribution is -0.131. The number of aryl methyl sites for hydroxylation is 1. The summed E-state index contributed by atoms with van der Waals surface area (Å²) in [6.45, 7) is 1.98. The molecule has 3 nitrogen and oxygen atoms in total. The van der Waals surface area contributed by atoms with E-state index < -0.39 is 11.8 Å². The zero-order chi connectivity index (χ0) is 11.7. The molecule has 2 rings (SSSR count). The van der Waals surface area contributed by atoms with Gasteiger partial charge in [0.2, 0.25) is 0 Å². The first kappa shape index (κ1) is 10.4. The molecule has 2 aromatic rings. The molecule has 0 aromatic heterocycles. The molecule has 0 spiro atoms. The van der Waals surface area contributed by atoms with E-state index in [9.17, 15) is 9.59 Å². The Morgan fingerprint density at radius 1 is 1.00 bits per heavy atom. The first-order valence-electron chi connectivity index (χ1n) is 4.86. The van der Waals surface area contributed by atoms with Crippen molar-refractivity contribution < 1.29 is 14.7 Å². The highest BCUT2D eigenvalue weighted by molar-refractivity contribution is 6.40. The van der Waals surface area contributed by atoms with E-state index in [1.807, 2.05) is 25.1 Å². The van der Waals surface area contributed by atoms with E-state index in [-0.39, 0.29) is 5.56 Å². The fraction of sp³-hybridized carbons (Fsp3) is 0.0769. The summed E-state index contributed by atoms with van der Waals surface area (Å²) >= 11 is 0. The van der Waals surface area contributed by atoms with E-state index in [1.54, 1.807) is 12.1 Å². The molecule has 1 N–H and O–H groups in total. The summed E-state index contributed by atoms with van der Waals surface area (Å²) in [5, 5.41) is 10.5. The van der Waals surface area contributed by atoms with Crippen LogP contribution < -0.4 is 0 Å². The number of Topliss-reactive ketones (excluding diaryl/α,β-unsaturated/α-hetero) is 1. The second-order valence-electron chi connectivity index (χ2n) is 3.70. The molecular formula is C13H10O3. The average Bonchev–Trinajstić information content (AvgIpc) is 2.27. The Kier molecular flexibility index (Phi) is 2.44. The van der Waals surface area contributed by atoms with E-state index in [1.165, 1.54) is 6.07 Å². The fourth-order valence-corrected chi connectivity index (χ4v) is 1.63. The summed E-state index contributed by atoms with van der Waals surface area (Å²) in [6, 6.07) is 10.7. The maximum absolute atomic E-state index is 11.3. The lowest BCUT2D eigenvalue weighted by atomic mass is 10.0. The Labute approximate surface area is 92.3 Å². The quantitative estimate of drug-likeness (QED) is 0.617. The molecule has 0 radical (unpaired) electrons. The summed E-state index contributed by atoms with van der Waals surface area (Å²) < 4.78 is 0. The lowest BCUT2D eigenvalue weighted by Gasteiger charge is -2.01. The van der Waals surface area contributed by atoms with Crippen molar-refractivity contribution in [1.29, 1.82) is 0 Å². The van der Waals surface area contributed by atoms with Crippen LogP contribution in [0.1, 0.15) is 15.9 Å². The maximum Gasteiger partial charge on any atom is 0.377 e. The van der Waals surface area contributed by atoms with Crippen LogP contribution in [0.15, 0.2) is 36.4 Å². The number of rotatable bonds is 2. The van der Waals surface area contributed by atoms with Gasteiger partial charge >= 0.3 is 5.97 Å². The summed E-state index contributed by atoms with van der Waals surface area (Å²) in [5.41, 5.74) is 1.34. The molecule has 0 aliphatic carbocycles. The molecule has 0 bridgehead atoms. The van der Waals surface area contributed by atoms with Gasteiger partial charge < -0.3 is 5.11 Å². The number of carbonyl (C=O) groups excluding carboxylic acids is 1. The number of ketones is 1. The Balaban J connectivity index is 2.57. The number of carboxylic acids is 1. The van der Waals surface area contributed by atoms with E-state index >= 15 is 0 Å². The van der Waals surface area contributed by atoms with Gasteiger partial charge in [-0.1, -0.05) is 35.9 Å². The molecular weight excluding hydrogens is 204 g/mol. The van der Waals surface area contributed by atoms with Crippen LogP contribution in [0.5, 0.6) is 0 Å². The molecule has 0 saturated heterocycles. The number of carboxylic acid groups (broad SMARTS) is 1. The molecule has 0 heterocycles. The number of carbonyl (C=O) groups is 2. The zero-order valence-electron chi connectivity index (χ0n) is 8.73. The Hall–Kier alpha value is -2.16. The van der Waals surface area contributed by atoms with Crippen molar-refractivity contribution in [1.82, 2.24) is 0 Å². The predicted molar refractivity (Wildman–Crippen MR) is 60.7 cm³/mol. The van der Waals surface area contributed by atoms with Crippen LogP contribution in [0.2, 0.25) is 0 Å². The summed E-state index contributed by atoms with van der Waals surface area (Å²) in [6.07, 6.45) is 0. The van der Waals surface area contributed by atoms with Gasteiger partial charge in [-0.15, -0.1) is 0 Å². The van der Waals surface area contributed by atoms with E-state index in [2.05, 4.69) is 0 Å². The second-order valence-corrected chi connectivity index (χ2v) is 3.70. The standard InChI is InChI=1S/C13H10O3/c1-8-2-3-10-7-11(12(14)13(15)16)5-4-9(10)6-8/h2-7H,1H3,(H,15,16). The van der Waals surface area contributed by atoms with Crippen molar-refractivity contribution >= 4 is 22.5 Å². The molecule has 0 fully saturated rings. The highest BCUT2D eigenvalue weighted by Gasteiger charge is 2.14. The molecule has 0 atom stereocenters. The minimum atomic E-state index is -1.42. The normalized spacial score (nSPS) is 10.3. The maximum atomic E-state index is 11.3. The number of benzene rings is 2. The number of hydrogen-bond acceptors (Lipinski definition) is 2. The third kappa shape index (κ3) is 1.80. The number of aliphatic carboxylic acids is 1. The zero-order valence-corrected chi connectivity index (χ0v) is 8.73. The second kappa shape index (κ2) is 3.77. The Bertz CT molecular complexity index is 585. The minimum absolute atomic E-state index is 0.212. The Morgan fingerprint density at radius 2 is 1.62 bits per heavy atom. The van der Waals surface area contributed by atoms with Gasteiger partial charge in [0.15, 0.2) is 0 Å². The molecule has 0 amide bonds. The van der Waals surface area contributed by atoms with Crippen LogP contribution in [-0.4, -0.2) is 16.9 Å². The summed E-state index contributed by atoms with van der Waals surface area (Å²) in [4.78, 5) is 21.8. The molecule has 3 heteroatoms. The van der Waals surface area contributed by atoms with Crippen LogP contribution in [-0.2, 0) is 4.79 Å². The Morgan fingerprint density at radius 3 is 2.31 bits per heavy atom. The van der Waals surface area contributed by atoms with Gasteiger partial charge in [0.05, 0.1) is 0 Å². The topological polar surface area (TPSA) is 54.4 Å². The van der Waals surface area contributed by atoms with Gasteiger partial charge in [-0.2, -0.15) is 0 Å². The van der Waals surface area contributed by atoms with Gasteiger partial charge in [0.1, 0.15) is 0 Å². The third-order valence-corrected chi connectivity index (χ3v) is 2.45. The lowest BCUT2D eigenvalue weighted by Crippen LogP contribution is -2.12. The van der Waals surface area contributed by atoms with Crippen molar-refractivity contribution in [3.63, 3.8) is 0 Å². The van der Waals surface area contributed by atoms with Gasteiger partial charge in [0.25, 0.3) is 5.78 Å². The van der Waals surface area contributed by atoms with Crippen LogP contribution in [0, 0.1) is 6.92 Å². The molecule has 2 aromatic carbocycles. The van der Waals surface area contributed by atoms with Crippen molar-refractivity contribution in [2.24, 2.45) is 0 Å². The van der Waals surface area contributed by atoms with E-state index in [0.717, 1.165) is 16.3 Å². The average molecular weight is 214 g/mol. The van der Waals surface area contributed by atoms with Gasteiger partial charge in [-0.3, -0.25) is 4.79 Å². The van der Waals surface area contributed by atoms with E-state index in [0.29, 0.717) is 0 Å². The highest BCUT2D eigenvalue weighted by atomic mass is 16.4. The smallest absolute Gasteiger partial charge is 0.377 e. The molecule has 0 aliphatic rings. The fourth-order valence-electron chi connectivity index (χ4n) is 1.63. The first-order chi connectivity index (χ1) is 7.58. The molecule has 0 saturated carbocycles. The van der Waals surface area contributed by atoms with Gasteiger partial charge in [0, 0.05) is 5.56 Å². The van der Waals surface area contributed by atoms with Crippen LogP contribution >= 0.6 is 0 Å². The van der Waals surface area contributed by atoms with Crippen molar-refractivity contribution in [2.45, 2.75) is 6.92 Å². The van der Waals surface area contributed by atoms with Crippen molar-refractivity contribution in [3.05, 3.63) is 47.5 Å². The monoisotopic (exact) mass is 214 g/mol. The molecule has 0 aliphatic heterocycles. The number of fused-ring (bicyclic) bond motifs is 1. The molecule has 80 valence electrons. The third-order valence-electron chi connectivity index (χ3n) is 2.45. The van der Waals surface area contributed by atoms with Crippen molar-refractivity contribution in [3.8, 4) is 0 Å². The summed E-state index contributed by atoms with van der Waals surface area (Å²) in [7, 11) is 0. The molecule has 16 heavy (non-hydrogen) atoms. The predicted octanol–water partition coefficient (Wildman–Crippen LogP) is 2.42. The number of hydrogen-bond donors (Lipinski definition) is 1. The van der Waals surface area contributed by atoms with Crippen LogP contribution in [0.4, 0.5) is 0 Å². The van der Waals surface area contributed by atoms with Gasteiger partial charge in [-0.25, -0.2) is 4.79 Å². The summed E-state index contributed by atoms with van der Waals surface area (Å²) in [5.74, 6) is -2.30. The molecule has 0 unspecified atom stereocenters.